The van der Waals surface area contributed by atoms with Gasteiger partial charge in [-0.3, -0.25) is 4.79 Å². The van der Waals surface area contributed by atoms with Gasteiger partial charge in [0, 0.05) is 23.8 Å². The van der Waals surface area contributed by atoms with E-state index < -0.39 is 28.0 Å². The molecular formula is C38H31F3N4OS. The number of anilines is 2. The first-order chi connectivity index (χ1) is 22.5. The molecule has 0 saturated heterocycles. The van der Waals surface area contributed by atoms with E-state index in [1.165, 1.54) is 23.6 Å². The Balaban J connectivity index is 1.73. The Labute approximate surface area is 276 Å². The summed E-state index contributed by atoms with van der Waals surface area (Å²) in [7, 11) is 1.59. The van der Waals surface area contributed by atoms with Crippen molar-refractivity contribution in [3.63, 3.8) is 0 Å². The maximum absolute atomic E-state index is 14.3. The van der Waals surface area contributed by atoms with Crippen LogP contribution < -0.4 is 10.2 Å². The maximum Gasteiger partial charge on any atom is 0.417 e. The molecule has 0 aliphatic rings. The van der Waals surface area contributed by atoms with Crippen molar-refractivity contribution < 1.29 is 18.0 Å². The van der Waals surface area contributed by atoms with Crippen LogP contribution in [0.5, 0.6) is 0 Å². The molecule has 5 rings (SSSR count). The zero-order valence-corrected chi connectivity index (χ0v) is 26.7. The number of hydrogen-bond acceptors (Lipinski definition) is 5. The van der Waals surface area contributed by atoms with E-state index in [-0.39, 0.29) is 17.2 Å². The van der Waals surface area contributed by atoms with E-state index >= 15 is 0 Å². The summed E-state index contributed by atoms with van der Waals surface area (Å²) in [5.74, 6) is -0.894. The molecular weight excluding hydrogens is 618 g/mol. The van der Waals surface area contributed by atoms with Gasteiger partial charge >= 0.3 is 6.18 Å². The number of thioether (sulfide) groups is 1. The molecule has 0 radical (unpaired) electrons. The highest BCUT2D eigenvalue weighted by atomic mass is 32.2. The van der Waals surface area contributed by atoms with Crippen molar-refractivity contribution in [3.8, 4) is 6.07 Å². The van der Waals surface area contributed by atoms with Gasteiger partial charge in [-0.1, -0.05) is 103 Å². The van der Waals surface area contributed by atoms with Gasteiger partial charge in [-0.25, -0.2) is 4.98 Å². The van der Waals surface area contributed by atoms with E-state index in [1.54, 1.807) is 24.6 Å². The van der Waals surface area contributed by atoms with E-state index in [0.717, 1.165) is 28.3 Å². The molecule has 4 aromatic carbocycles. The van der Waals surface area contributed by atoms with Crippen molar-refractivity contribution in [1.82, 2.24) is 4.98 Å². The van der Waals surface area contributed by atoms with Crippen LogP contribution in [0.15, 0.2) is 132 Å². The van der Waals surface area contributed by atoms with Gasteiger partial charge in [-0.2, -0.15) is 18.4 Å². The fraction of sp³-hybridized carbons (Fsp3) is 0.132. The lowest BCUT2D eigenvalue weighted by Gasteiger charge is -2.34. The molecule has 0 bridgehead atoms. The van der Waals surface area contributed by atoms with E-state index in [1.807, 2.05) is 116 Å². The molecule has 0 unspecified atom stereocenters. The predicted molar refractivity (Wildman–Crippen MR) is 182 cm³/mol. The first kappa shape index (κ1) is 33.0. The Hall–Kier alpha value is -5.33. The third-order valence-electron chi connectivity index (χ3n) is 7.64. The molecule has 1 amide bonds. The fourth-order valence-corrected chi connectivity index (χ4v) is 6.64. The number of pyridine rings is 1. The third kappa shape index (κ3) is 7.08. The number of halogens is 3. The standard InChI is InChI=1S/C38H31F3N4OS/c1-26-14-13-21-31(22-26)45(3)36(46)34(44-35-32(24-42)33(38(39,40)41)23-27(2)43-35)25-47-37(28-15-7-4-8-16-28,29-17-9-5-10-18-29)30-19-11-6-12-20-30/h4-23,25H,1-3H3,(H,43,44). The average molecular weight is 649 g/mol. The fourth-order valence-electron chi connectivity index (χ4n) is 5.37. The number of nitrogens with one attached hydrogen (secondary N) is 1. The Morgan fingerprint density at radius 1 is 0.830 bits per heavy atom. The van der Waals surface area contributed by atoms with Gasteiger partial charge in [-0.15, -0.1) is 11.8 Å². The second-order valence-electron chi connectivity index (χ2n) is 10.9. The van der Waals surface area contributed by atoms with Crippen molar-refractivity contribution in [3.05, 3.63) is 172 Å². The number of amides is 1. The smallest absolute Gasteiger partial charge is 0.334 e. The molecule has 0 saturated carbocycles. The average Bonchev–Trinajstić information content (AvgIpc) is 3.08. The van der Waals surface area contributed by atoms with E-state index in [0.29, 0.717) is 5.69 Å². The number of carbonyl (C=O) groups is 1. The van der Waals surface area contributed by atoms with Gasteiger partial charge in [0.2, 0.25) is 0 Å². The lowest BCUT2D eigenvalue weighted by Crippen LogP contribution is -2.31. The van der Waals surface area contributed by atoms with Crippen molar-refractivity contribution in [2.45, 2.75) is 24.8 Å². The molecule has 5 aromatic rings. The summed E-state index contributed by atoms with van der Waals surface area (Å²) >= 11 is 1.32. The minimum atomic E-state index is -4.81. The molecule has 1 N–H and O–H groups in total. The van der Waals surface area contributed by atoms with Gasteiger partial charge < -0.3 is 10.2 Å². The van der Waals surface area contributed by atoms with Crippen LogP contribution in [0.3, 0.4) is 0 Å². The van der Waals surface area contributed by atoms with Crippen LogP contribution in [0, 0.1) is 25.2 Å². The van der Waals surface area contributed by atoms with Gasteiger partial charge in [0.05, 0.1) is 10.3 Å². The zero-order valence-electron chi connectivity index (χ0n) is 25.9. The monoisotopic (exact) mass is 648 g/mol. The first-order valence-corrected chi connectivity index (χ1v) is 15.6. The number of benzene rings is 4. The summed E-state index contributed by atoms with van der Waals surface area (Å²) < 4.78 is 41.3. The van der Waals surface area contributed by atoms with Crippen LogP contribution in [0.2, 0.25) is 0 Å². The van der Waals surface area contributed by atoms with Crippen molar-refractivity contribution in [2.24, 2.45) is 0 Å². The molecule has 9 heteroatoms. The van der Waals surface area contributed by atoms with E-state index in [9.17, 15) is 23.2 Å². The number of alkyl halides is 3. The van der Waals surface area contributed by atoms with Gasteiger partial charge in [0.25, 0.3) is 5.91 Å². The molecule has 0 atom stereocenters. The van der Waals surface area contributed by atoms with E-state index in [2.05, 4.69) is 10.3 Å². The number of hydrogen-bond donors (Lipinski definition) is 1. The molecule has 1 heterocycles. The summed E-state index contributed by atoms with van der Waals surface area (Å²) in [6, 6.07) is 39.2. The first-order valence-electron chi connectivity index (χ1n) is 14.7. The van der Waals surface area contributed by atoms with Crippen molar-refractivity contribution in [1.29, 1.82) is 5.26 Å². The number of nitriles is 1. The van der Waals surface area contributed by atoms with E-state index in [4.69, 9.17) is 0 Å². The summed E-state index contributed by atoms with van der Waals surface area (Å²) in [6.07, 6.45) is -4.81. The Morgan fingerprint density at radius 3 is 1.83 bits per heavy atom. The lowest BCUT2D eigenvalue weighted by molar-refractivity contribution is -0.137. The highest BCUT2D eigenvalue weighted by Crippen LogP contribution is 2.49. The summed E-state index contributed by atoms with van der Waals surface area (Å²) in [4.78, 5) is 20.0. The summed E-state index contributed by atoms with van der Waals surface area (Å²) in [5.41, 5.74) is 2.41. The molecule has 5 nitrogen and oxygen atoms in total. The Kier molecular flexibility index (Phi) is 9.83. The molecule has 0 spiro atoms. The number of likely N-dealkylation sites (N-methyl/N-ethyl adjacent to an activating group) is 1. The highest BCUT2D eigenvalue weighted by Gasteiger charge is 2.38. The number of aryl methyl sites for hydroxylation is 2. The normalized spacial score (nSPS) is 11.9. The number of rotatable bonds is 9. The predicted octanol–water partition coefficient (Wildman–Crippen LogP) is 9.23. The quantitative estimate of drug-likeness (QED) is 0.128. The number of aromatic nitrogens is 1. The number of nitrogens with zero attached hydrogens (tertiary/aromatic N) is 3. The van der Waals surface area contributed by atoms with Gasteiger partial charge in [-0.05, 0) is 54.3 Å². The zero-order chi connectivity index (χ0) is 33.6. The molecule has 0 aliphatic heterocycles. The minimum Gasteiger partial charge on any atom is -0.334 e. The summed E-state index contributed by atoms with van der Waals surface area (Å²) in [6.45, 7) is 3.31. The van der Waals surface area contributed by atoms with Crippen LogP contribution in [-0.2, 0) is 15.7 Å². The topological polar surface area (TPSA) is 69.0 Å². The summed E-state index contributed by atoms with van der Waals surface area (Å²) in [5, 5.41) is 14.3. The van der Waals surface area contributed by atoms with Crippen LogP contribution >= 0.6 is 11.8 Å². The van der Waals surface area contributed by atoms with Gasteiger partial charge in [0.1, 0.15) is 23.1 Å². The van der Waals surface area contributed by atoms with Gasteiger partial charge in [0.15, 0.2) is 0 Å². The highest BCUT2D eigenvalue weighted by molar-refractivity contribution is 8.03. The minimum absolute atomic E-state index is 0.0394. The molecule has 236 valence electrons. The van der Waals surface area contributed by atoms with Crippen LogP contribution in [-0.4, -0.2) is 17.9 Å². The van der Waals surface area contributed by atoms with Crippen LogP contribution in [0.25, 0.3) is 0 Å². The number of carbonyl (C=O) groups excluding carboxylic acids is 1. The largest absolute Gasteiger partial charge is 0.417 e. The Bertz CT molecular complexity index is 1840. The van der Waals surface area contributed by atoms with Crippen LogP contribution in [0.4, 0.5) is 24.7 Å². The van der Waals surface area contributed by atoms with Crippen LogP contribution in [0.1, 0.15) is 39.1 Å². The second kappa shape index (κ2) is 14.0. The third-order valence-corrected chi connectivity index (χ3v) is 9.05. The molecule has 0 aliphatic carbocycles. The second-order valence-corrected chi connectivity index (χ2v) is 12.0. The SMILES string of the molecule is Cc1cccc(N(C)C(=O)C(=CSC(c2ccccc2)(c2ccccc2)c2ccccc2)Nc2nc(C)cc(C(F)(F)F)c2C#N)c1. The molecule has 1 aromatic heterocycles. The lowest BCUT2D eigenvalue weighted by atomic mass is 9.84. The molecule has 47 heavy (non-hydrogen) atoms. The molecule has 0 fully saturated rings. The maximum atomic E-state index is 14.3. The van der Waals surface area contributed by atoms with Crippen molar-refractivity contribution >= 4 is 29.2 Å². The van der Waals surface area contributed by atoms with Crippen molar-refractivity contribution in [2.75, 3.05) is 17.3 Å². The Morgan fingerprint density at radius 2 is 1.36 bits per heavy atom.